The molecule has 0 amide bonds. The van der Waals surface area contributed by atoms with Gasteiger partial charge >= 0.3 is 5.97 Å². The zero-order valence-corrected chi connectivity index (χ0v) is 11.3. The number of imidazole rings is 1. The molecule has 0 atom stereocenters. The third kappa shape index (κ3) is 2.60. The Morgan fingerprint density at radius 1 is 1.50 bits per heavy atom. The maximum absolute atomic E-state index is 11.2. The van der Waals surface area contributed by atoms with Crippen molar-refractivity contribution in [1.82, 2.24) is 9.55 Å². The van der Waals surface area contributed by atoms with Gasteiger partial charge in [-0.2, -0.15) is 0 Å². The van der Waals surface area contributed by atoms with Gasteiger partial charge < -0.3 is 9.30 Å². The van der Waals surface area contributed by atoms with E-state index >= 15 is 0 Å². The SMILES string of the molecule is COC(=O)CCn1c(CCl)nc2ccc(Cl)cc21. The highest BCUT2D eigenvalue weighted by Crippen LogP contribution is 2.22. The zero-order chi connectivity index (χ0) is 13.1. The summed E-state index contributed by atoms with van der Waals surface area (Å²) in [4.78, 5) is 15.6. The van der Waals surface area contributed by atoms with Gasteiger partial charge in [-0.25, -0.2) is 4.98 Å². The topological polar surface area (TPSA) is 44.1 Å². The molecule has 0 saturated heterocycles. The summed E-state index contributed by atoms with van der Waals surface area (Å²) < 4.78 is 6.52. The average molecular weight is 287 g/mol. The minimum atomic E-state index is -0.264. The van der Waals surface area contributed by atoms with Crippen LogP contribution in [0.5, 0.6) is 0 Å². The molecule has 0 radical (unpaired) electrons. The number of methoxy groups -OCH3 is 1. The summed E-state index contributed by atoms with van der Waals surface area (Å²) in [5.74, 6) is 0.741. The molecule has 1 aromatic heterocycles. The number of hydrogen-bond donors (Lipinski definition) is 0. The van der Waals surface area contributed by atoms with Crippen LogP contribution in [0.4, 0.5) is 0 Å². The van der Waals surface area contributed by atoms with E-state index in [1.165, 1.54) is 7.11 Å². The maximum atomic E-state index is 11.2. The Balaban J connectivity index is 2.39. The summed E-state index contributed by atoms with van der Waals surface area (Å²) in [6, 6.07) is 5.43. The third-order valence-corrected chi connectivity index (χ3v) is 3.15. The highest BCUT2D eigenvalue weighted by molar-refractivity contribution is 6.31. The first-order valence-corrected chi connectivity index (χ1v) is 6.34. The number of benzene rings is 1. The van der Waals surface area contributed by atoms with Crippen LogP contribution in [0.3, 0.4) is 0 Å². The molecule has 0 unspecified atom stereocenters. The van der Waals surface area contributed by atoms with E-state index in [-0.39, 0.29) is 18.3 Å². The van der Waals surface area contributed by atoms with E-state index in [0.29, 0.717) is 11.6 Å². The van der Waals surface area contributed by atoms with Gasteiger partial charge in [0, 0.05) is 11.6 Å². The van der Waals surface area contributed by atoms with E-state index in [9.17, 15) is 4.79 Å². The molecule has 96 valence electrons. The van der Waals surface area contributed by atoms with Gasteiger partial charge in [-0.1, -0.05) is 11.6 Å². The van der Waals surface area contributed by atoms with Crippen molar-refractivity contribution >= 4 is 40.2 Å². The van der Waals surface area contributed by atoms with Crippen LogP contribution in [-0.4, -0.2) is 22.6 Å². The fraction of sp³-hybridized carbons (Fsp3) is 0.333. The standard InChI is InChI=1S/C12H12Cl2N2O2/c1-18-12(17)4-5-16-10-6-8(14)2-3-9(10)15-11(16)7-13/h2-3,6H,4-5,7H2,1H3. The lowest BCUT2D eigenvalue weighted by molar-refractivity contribution is -0.140. The van der Waals surface area contributed by atoms with Crippen LogP contribution in [0.1, 0.15) is 12.2 Å². The summed E-state index contributed by atoms with van der Waals surface area (Å²) in [6.45, 7) is 0.478. The normalized spacial score (nSPS) is 10.8. The summed E-state index contributed by atoms with van der Waals surface area (Å²) in [6.07, 6.45) is 0.276. The van der Waals surface area contributed by atoms with Crippen LogP contribution in [0.15, 0.2) is 18.2 Å². The first kappa shape index (κ1) is 13.2. The van der Waals surface area contributed by atoms with Crippen molar-refractivity contribution in [3.63, 3.8) is 0 Å². The number of fused-ring (bicyclic) bond motifs is 1. The van der Waals surface area contributed by atoms with Gasteiger partial charge in [0.25, 0.3) is 0 Å². The molecule has 6 heteroatoms. The van der Waals surface area contributed by atoms with Crippen LogP contribution in [0, 0.1) is 0 Å². The van der Waals surface area contributed by atoms with Gasteiger partial charge in [-0.05, 0) is 18.2 Å². The summed E-state index contributed by atoms with van der Waals surface area (Å²) in [7, 11) is 1.37. The minimum absolute atomic E-state index is 0.264. The lowest BCUT2D eigenvalue weighted by Gasteiger charge is -2.06. The number of aryl methyl sites for hydroxylation is 1. The van der Waals surface area contributed by atoms with Crippen molar-refractivity contribution in [2.45, 2.75) is 18.8 Å². The first-order chi connectivity index (χ1) is 8.65. The average Bonchev–Trinajstić information content (AvgIpc) is 2.73. The lowest BCUT2D eigenvalue weighted by atomic mass is 10.3. The molecule has 0 aliphatic carbocycles. The molecule has 0 spiro atoms. The van der Waals surface area contributed by atoms with Crippen LogP contribution < -0.4 is 0 Å². The number of halogens is 2. The molecule has 0 fully saturated rings. The number of esters is 1. The fourth-order valence-corrected chi connectivity index (χ4v) is 2.17. The molecule has 1 heterocycles. The summed E-state index contributed by atoms with van der Waals surface area (Å²) >= 11 is 11.8. The lowest BCUT2D eigenvalue weighted by Crippen LogP contribution is -2.09. The molecule has 1 aromatic carbocycles. The van der Waals surface area contributed by atoms with Crippen molar-refractivity contribution < 1.29 is 9.53 Å². The van der Waals surface area contributed by atoms with Crippen molar-refractivity contribution in [3.8, 4) is 0 Å². The van der Waals surface area contributed by atoms with Gasteiger partial charge in [0.15, 0.2) is 0 Å². The van der Waals surface area contributed by atoms with E-state index < -0.39 is 0 Å². The smallest absolute Gasteiger partial charge is 0.307 e. The highest BCUT2D eigenvalue weighted by Gasteiger charge is 2.11. The van der Waals surface area contributed by atoms with E-state index in [1.54, 1.807) is 6.07 Å². The number of carbonyl (C=O) groups is 1. The molecule has 0 aliphatic rings. The molecule has 4 nitrogen and oxygen atoms in total. The van der Waals surface area contributed by atoms with Crippen LogP contribution >= 0.6 is 23.2 Å². The number of hydrogen-bond acceptors (Lipinski definition) is 3. The Kier molecular flexibility index (Phi) is 4.09. The van der Waals surface area contributed by atoms with E-state index in [2.05, 4.69) is 9.72 Å². The first-order valence-electron chi connectivity index (χ1n) is 5.43. The quantitative estimate of drug-likeness (QED) is 0.641. The minimum Gasteiger partial charge on any atom is -0.469 e. The monoisotopic (exact) mass is 286 g/mol. The van der Waals surface area contributed by atoms with Crippen molar-refractivity contribution in [2.75, 3.05) is 7.11 Å². The van der Waals surface area contributed by atoms with Crippen LogP contribution in [0.25, 0.3) is 11.0 Å². The molecular formula is C12H12Cl2N2O2. The molecule has 0 saturated carbocycles. The highest BCUT2D eigenvalue weighted by atomic mass is 35.5. The van der Waals surface area contributed by atoms with Crippen LogP contribution in [0.2, 0.25) is 5.02 Å². The number of nitrogens with zero attached hydrogens (tertiary/aromatic N) is 2. The zero-order valence-electron chi connectivity index (χ0n) is 9.82. The predicted molar refractivity (Wildman–Crippen MR) is 70.9 cm³/mol. The Labute approximate surface area is 114 Å². The molecule has 18 heavy (non-hydrogen) atoms. The second kappa shape index (κ2) is 5.59. The number of alkyl halides is 1. The molecular weight excluding hydrogens is 275 g/mol. The van der Waals surface area contributed by atoms with Crippen LogP contribution in [-0.2, 0) is 22.0 Å². The van der Waals surface area contributed by atoms with Crippen molar-refractivity contribution in [2.24, 2.45) is 0 Å². The molecule has 0 N–H and O–H groups in total. The Hall–Kier alpha value is -1.26. The Morgan fingerprint density at radius 3 is 2.94 bits per heavy atom. The van der Waals surface area contributed by atoms with Gasteiger partial charge in [-0.3, -0.25) is 4.79 Å². The van der Waals surface area contributed by atoms with Gasteiger partial charge in [0.2, 0.25) is 0 Å². The van der Waals surface area contributed by atoms with E-state index in [0.717, 1.165) is 16.9 Å². The summed E-state index contributed by atoms with van der Waals surface area (Å²) in [5.41, 5.74) is 1.70. The van der Waals surface area contributed by atoms with E-state index in [1.807, 2.05) is 16.7 Å². The Bertz CT molecular complexity index is 581. The molecule has 2 rings (SSSR count). The number of ether oxygens (including phenoxy) is 1. The second-order valence-electron chi connectivity index (χ2n) is 3.77. The largest absolute Gasteiger partial charge is 0.469 e. The number of carbonyl (C=O) groups excluding carboxylic acids is 1. The Morgan fingerprint density at radius 2 is 2.28 bits per heavy atom. The molecule has 2 aromatic rings. The van der Waals surface area contributed by atoms with Crippen molar-refractivity contribution in [1.29, 1.82) is 0 Å². The van der Waals surface area contributed by atoms with Gasteiger partial charge in [-0.15, -0.1) is 11.6 Å². The maximum Gasteiger partial charge on any atom is 0.307 e. The van der Waals surface area contributed by atoms with Gasteiger partial charge in [0.05, 0.1) is 30.4 Å². The molecule has 0 bridgehead atoms. The van der Waals surface area contributed by atoms with Crippen molar-refractivity contribution in [3.05, 3.63) is 29.0 Å². The number of rotatable bonds is 4. The fourth-order valence-electron chi connectivity index (χ4n) is 1.80. The predicted octanol–water partition coefficient (Wildman–Crippen LogP) is 2.99. The third-order valence-electron chi connectivity index (χ3n) is 2.68. The molecule has 0 aliphatic heterocycles. The second-order valence-corrected chi connectivity index (χ2v) is 4.48. The summed E-state index contributed by atoms with van der Waals surface area (Å²) in [5, 5.41) is 0.628. The van der Waals surface area contributed by atoms with E-state index in [4.69, 9.17) is 23.2 Å². The number of aromatic nitrogens is 2. The van der Waals surface area contributed by atoms with Gasteiger partial charge in [0.1, 0.15) is 5.82 Å².